The van der Waals surface area contributed by atoms with E-state index in [0.29, 0.717) is 11.3 Å². The molecule has 1 heterocycles. The Labute approximate surface area is 149 Å². The largest absolute Gasteiger partial charge is 0.298 e. The topological polar surface area (TPSA) is 3.24 Å². The SMILES string of the molecule is C=Cc1ccc2c(c1Cl)CCC1(C)CN(Cc3ccccc3)CC21. The van der Waals surface area contributed by atoms with Crippen LogP contribution in [0.4, 0.5) is 0 Å². The average molecular weight is 338 g/mol. The summed E-state index contributed by atoms with van der Waals surface area (Å²) in [7, 11) is 0. The second kappa shape index (κ2) is 6.06. The Balaban J connectivity index is 1.63. The molecule has 1 aliphatic carbocycles. The number of rotatable bonds is 3. The zero-order valence-corrected chi connectivity index (χ0v) is 15.0. The van der Waals surface area contributed by atoms with Crippen LogP contribution in [0.1, 0.15) is 41.5 Å². The lowest BCUT2D eigenvalue weighted by molar-refractivity contribution is 0.240. The average Bonchev–Trinajstić information content (AvgIpc) is 2.92. The molecule has 24 heavy (non-hydrogen) atoms. The highest BCUT2D eigenvalue weighted by molar-refractivity contribution is 6.33. The summed E-state index contributed by atoms with van der Waals surface area (Å²) in [5.74, 6) is 0.585. The number of benzene rings is 2. The van der Waals surface area contributed by atoms with Gasteiger partial charge in [0.05, 0.1) is 5.02 Å². The van der Waals surface area contributed by atoms with Gasteiger partial charge in [-0.25, -0.2) is 0 Å². The zero-order chi connectivity index (χ0) is 16.7. The highest BCUT2D eigenvalue weighted by Crippen LogP contribution is 2.52. The van der Waals surface area contributed by atoms with Crippen molar-refractivity contribution in [1.82, 2.24) is 4.90 Å². The fourth-order valence-electron chi connectivity index (χ4n) is 4.66. The molecule has 2 aliphatic rings. The molecule has 0 aromatic heterocycles. The smallest absolute Gasteiger partial charge is 0.0513 e. The molecule has 1 nitrogen and oxygen atoms in total. The van der Waals surface area contributed by atoms with Gasteiger partial charge in [0.15, 0.2) is 0 Å². The summed E-state index contributed by atoms with van der Waals surface area (Å²) in [6.07, 6.45) is 4.17. The maximum Gasteiger partial charge on any atom is 0.0513 e. The molecule has 1 aliphatic heterocycles. The van der Waals surface area contributed by atoms with Crippen molar-refractivity contribution in [3.05, 3.63) is 76.3 Å². The number of fused-ring (bicyclic) bond motifs is 3. The molecule has 2 atom stereocenters. The lowest BCUT2D eigenvalue weighted by atomic mass is 9.67. The predicted molar refractivity (Wildman–Crippen MR) is 102 cm³/mol. The molecule has 0 bridgehead atoms. The normalized spacial score (nSPS) is 26.0. The third-order valence-corrected chi connectivity index (χ3v) is 6.41. The molecular formula is C22H24ClN. The lowest BCUT2D eigenvalue weighted by Gasteiger charge is -2.37. The molecule has 1 saturated heterocycles. The maximum absolute atomic E-state index is 6.64. The van der Waals surface area contributed by atoms with E-state index >= 15 is 0 Å². The predicted octanol–water partition coefficient (Wildman–Crippen LogP) is 5.53. The van der Waals surface area contributed by atoms with Gasteiger partial charge in [-0.3, -0.25) is 4.90 Å². The first-order chi connectivity index (χ1) is 11.6. The van der Waals surface area contributed by atoms with E-state index in [1.54, 1.807) is 0 Å². The van der Waals surface area contributed by atoms with Crippen molar-refractivity contribution in [2.45, 2.75) is 32.2 Å². The third kappa shape index (κ3) is 2.60. The molecule has 0 radical (unpaired) electrons. The minimum Gasteiger partial charge on any atom is -0.298 e. The van der Waals surface area contributed by atoms with Crippen molar-refractivity contribution in [2.24, 2.45) is 5.41 Å². The molecule has 1 fully saturated rings. The first-order valence-electron chi connectivity index (χ1n) is 8.81. The van der Waals surface area contributed by atoms with Crippen LogP contribution in [0.3, 0.4) is 0 Å². The van der Waals surface area contributed by atoms with Crippen molar-refractivity contribution in [1.29, 1.82) is 0 Å². The van der Waals surface area contributed by atoms with Crippen LogP contribution in [0.15, 0.2) is 49.0 Å². The fraction of sp³-hybridized carbons (Fsp3) is 0.364. The molecule has 2 unspecified atom stereocenters. The summed E-state index contributed by atoms with van der Waals surface area (Å²) in [5.41, 5.74) is 5.66. The Morgan fingerprint density at radius 3 is 2.79 bits per heavy atom. The first-order valence-corrected chi connectivity index (χ1v) is 9.18. The van der Waals surface area contributed by atoms with E-state index < -0.39 is 0 Å². The molecule has 124 valence electrons. The van der Waals surface area contributed by atoms with E-state index in [2.05, 4.69) is 60.9 Å². The van der Waals surface area contributed by atoms with E-state index in [4.69, 9.17) is 11.6 Å². The fourth-order valence-corrected chi connectivity index (χ4v) is 5.00. The standard InChI is InChI=1S/C22H24ClN/c1-3-17-9-10-18-19(21(17)23)11-12-22(2)15-24(14-20(18)22)13-16-7-5-4-6-8-16/h3-10,20H,1,11-15H2,2H3. The molecule has 2 heteroatoms. The molecule has 0 saturated carbocycles. The Hall–Kier alpha value is -1.57. The molecule has 2 aromatic carbocycles. The van der Waals surface area contributed by atoms with Crippen LogP contribution in [-0.2, 0) is 13.0 Å². The quantitative estimate of drug-likeness (QED) is 0.711. The van der Waals surface area contributed by atoms with Gasteiger partial charge >= 0.3 is 0 Å². The van der Waals surface area contributed by atoms with Gasteiger partial charge in [0.25, 0.3) is 0 Å². The van der Waals surface area contributed by atoms with Gasteiger partial charge in [-0.05, 0) is 40.5 Å². The summed E-state index contributed by atoms with van der Waals surface area (Å²) in [6, 6.07) is 15.2. The van der Waals surface area contributed by atoms with Crippen molar-refractivity contribution in [2.75, 3.05) is 13.1 Å². The van der Waals surface area contributed by atoms with E-state index in [1.807, 2.05) is 6.08 Å². The summed E-state index contributed by atoms with van der Waals surface area (Å²) >= 11 is 6.64. The third-order valence-electron chi connectivity index (χ3n) is 5.97. The molecule has 0 amide bonds. The highest BCUT2D eigenvalue weighted by atomic mass is 35.5. The Kier molecular flexibility index (Phi) is 4.02. The second-order valence-electron chi connectivity index (χ2n) is 7.60. The number of nitrogens with zero attached hydrogens (tertiary/aromatic N) is 1. The van der Waals surface area contributed by atoms with Crippen LogP contribution in [0.2, 0.25) is 5.02 Å². The monoisotopic (exact) mass is 337 g/mol. The number of hydrogen-bond donors (Lipinski definition) is 0. The van der Waals surface area contributed by atoms with Crippen molar-refractivity contribution < 1.29 is 0 Å². The van der Waals surface area contributed by atoms with Gasteiger partial charge in [-0.2, -0.15) is 0 Å². The molecule has 4 rings (SSSR count). The van der Waals surface area contributed by atoms with Gasteiger partial charge in [0.1, 0.15) is 0 Å². The minimum absolute atomic E-state index is 0.362. The molecule has 2 aromatic rings. The summed E-state index contributed by atoms with van der Waals surface area (Å²) in [4.78, 5) is 2.62. The molecule has 0 N–H and O–H groups in total. The van der Waals surface area contributed by atoms with E-state index in [0.717, 1.165) is 30.1 Å². The lowest BCUT2D eigenvalue weighted by Crippen LogP contribution is -2.30. The number of halogens is 1. The van der Waals surface area contributed by atoms with Gasteiger partial charge in [-0.15, -0.1) is 0 Å². The summed E-state index contributed by atoms with van der Waals surface area (Å²) in [6.45, 7) is 9.69. The van der Waals surface area contributed by atoms with Gasteiger partial charge < -0.3 is 0 Å². The summed E-state index contributed by atoms with van der Waals surface area (Å²) in [5, 5.41) is 0.922. The van der Waals surface area contributed by atoms with E-state index in [1.165, 1.54) is 29.7 Å². The van der Waals surface area contributed by atoms with E-state index in [9.17, 15) is 0 Å². The Morgan fingerprint density at radius 1 is 1.25 bits per heavy atom. The van der Waals surface area contributed by atoms with Gasteiger partial charge in [-0.1, -0.05) is 73.6 Å². The van der Waals surface area contributed by atoms with Crippen LogP contribution < -0.4 is 0 Å². The summed E-state index contributed by atoms with van der Waals surface area (Å²) < 4.78 is 0. The Bertz CT molecular complexity index is 767. The van der Waals surface area contributed by atoms with Crippen LogP contribution in [0.5, 0.6) is 0 Å². The van der Waals surface area contributed by atoms with Crippen LogP contribution in [0.25, 0.3) is 6.08 Å². The van der Waals surface area contributed by atoms with Crippen molar-refractivity contribution in [3.8, 4) is 0 Å². The zero-order valence-electron chi connectivity index (χ0n) is 14.3. The van der Waals surface area contributed by atoms with Gasteiger partial charge in [0.2, 0.25) is 0 Å². The van der Waals surface area contributed by atoms with Crippen molar-refractivity contribution in [3.63, 3.8) is 0 Å². The van der Waals surface area contributed by atoms with Gasteiger partial charge in [0, 0.05) is 25.6 Å². The Morgan fingerprint density at radius 2 is 2.04 bits per heavy atom. The van der Waals surface area contributed by atoms with Crippen molar-refractivity contribution >= 4 is 17.7 Å². The molecular weight excluding hydrogens is 314 g/mol. The first kappa shape index (κ1) is 15.9. The van der Waals surface area contributed by atoms with Crippen LogP contribution >= 0.6 is 11.6 Å². The number of hydrogen-bond acceptors (Lipinski definition) is 1. The second-order valence-corrected chi connectivity index (χ2v) is 7.98. The minimum atomic E-state index is 0.362. The van der Waals surface area contributed by atoms with Crippen LogP contribution in [0, 0.1) is 5.41 Å². The maximum atomic E-state index is 6.64. The van der Waals surface area contributed by atoms with Crippen LogP contribution in [-0.4, -0.2) is 18.0 Å². The van der Waals surface area contributed by atoms with E-state index in [-0.39, 0.29) is 0 Å². The molecule has 0 spiro atoms. The highest BCUT2D eigenvalue weighted by Gasteiger charge is 2.46. The number of likely N-dealkylation sites (tertiary alicyclic amines) is 1.